The Bertz CT molecular complexity index is 638. The highest BCUT2D eigenvalue weighted by Gasteiger charge is 2.18. The standard InChI is InChI=1S/C10H6ClN3O4/c11-6-1-2-7(10(15)16)8(5-6)13-4-3-9(12-13)14(17)18/h1-5H,(H,15,16). The summed E-state index contributed by atoms with van der Waals surface area (Å²) < 4.78 is 1.10. The van der Waals surface area contributed by atoms with Crippen molar-refractivity contribution in [2.75, 3.05) is 0 Å². The molecule has 0 bridgehead atoms. The van der Waals surface area contributed by atoms with Gasteiger partial charge >= 0.3 is 11.8 Å². The highest BCUT2D eigenvalue weighted by molar-refractivity contribution is 6.30. The molecular formula is C10H6ClN3O4. The number of aromatic nitrogens is 2. The fourth-order valence-corrected chi connectivity index (χ4v) is 1.59. The number of benzene rings is 1. The minimum atomic E-state index is -1.17. The lowest BCUT2D eigenvalue weighted by Gasteiger charge is -2.03. The number of carboxylic acids is 1. The molecule has 7 nitrogen and oxygen atoms in total. The van der Waals surface area contributed by atoms with Gasteiger partial charge in [0.05, 0.1) is 22.9 Å². The van der Waals surface area contributed by atoms with Crippen molar-refractivity contribution in [3.63, 3.8) is 0 Å². The number of hydrogen-bond acceptors (Lipinski definition) is 4. The molecule has 18 heavy (non-hydrogen) atoms. The van der Waals surface area contributed by atoms with Crippen LogP contribution in [0.25, 0.3) is 5.69 Å². The summed E-state index contributed by atoms with van der Waals surface area (Å²) >= 11 is 5.77. The van der Waals surface area contributed by atoms with Crippen LogP contribution in [0.2, 0.25) is 5.02 Å². The molecule has 1 N–H and O–H groups in total. The number of nitro groups is 1. The predicted octanol–water partition coefficient (Wildman–Crippen LogP) is 2.13. The van der Waals surface area contributed by atoms with Gasteiger partial charge in [-0.15, -0.1) is 4.68 Å². The van der Waals surface area contributed by atoms with E-state index in [1.807, 2.05) is 0 Å². The lowest BCUT2D eigenvalue weighted by Crippen LogP contribution is -2.06. The molecule has 0 spiro atoms. The number of halogens is 1. The largest absolute Gasteiger partial charge is 0.478 e. The number of carboxylic acid groups (broad SMARTS) is 1. The molecule has 0 saturated carbocycles. The Morgan fingerprint density at radius 1 is 1.44 bits per heavy atom. The van der Waals surface area contributed by atoms with Crippen molar-refractivity contribution in [1.29, 1.82) is 0 Å². The third kappa shape index (κ3) is 2.16. The smallest absolute Gasteiger partial charge is 0.390 e. The van der Waals surface area contributed by atoms with Gasteiger partial charge in [-0.1, -0.05) is 11.6 Å². The second-order valence-electron chi connectivity index (χ2n) is 3.34. The summed E-state index contributed by atoms with van der Waals surface area (Å²) in [6.07, 6.45) is 1.30. The summed E-state index contributed by atoms with van der Waals surface area (Å²) in [5.74, 6) is -1.54. The van der Waals surface area contributed by atoms with E-state index in [-0.39, 0.29) is 17.1 Å². The normalized spacial score (nSPS) is 10.3. The predicted molar refractivity (Wildman–Crippen MR) is 62.2 cm³/mol. The Morgan fingerprint density at radius 3 is 2.72 bits per heavy atom. The van der Waals surface area contributed by atoms with Gasteiger partial charge in [-0.2, -0.15) is 0 Å². The Balaban J connectivity index is 2.57. The van der Waals surface area contributed by atoms with E-state index < -0.39 is 10.9 Å². The van der Waals surface area contributed by atoms with E-state index in [4.69, 9.17) is 16.7 Å². The number of aromatic carboxylic acids is 1. The van der Waals surface area contributed by atoms with Gasteiger partial charge < -0.3 is 15.2 Å². The zero-order valence-corrected chi connectivity index (χ0v) is 9.53. The van der Waals surface area contributed by atoms with Crippen molar-refractivity contribution in [1.82, 2.24) is 9.78 Å². The quantitative estimate of drug-likeness (QED) is 0.678. The van der Waals surface area contributed by atoms with Crippen LogP contribution in [0.4, 0.5) is 5.82 Å². The molecule has 0 amide bonds. The second-order valence-corrected chi connectivity index (χ2v) is 3.78. The van der Waals surface area contributed by atoms with Crippen LogP contribution >= 0.6 is 11.6 Å². The minimum Gasteiger partial charge on any atom is -0.478 e. The molecule has 2 aromatic rings. The van der Waals surface area contributed by atoms with Crippen molar-refractivity contribution in [3.8, 4) is 5.69 Å². The lowest BCUT2D eigenvalue weighted by molar-refractivity contribution is -0.389. The monoisotopic (exact) mass is 267 g/mol. The lowest BCUT2D eigenvalue weighted by atomic mass is 10.2. The van der Waals surface area contributed by atoms with Crippen molar-refractivity contribution < 1.29 is 14.8 Å². The summed E-state index contributed by atoms with van der Waals surface area (Å²) in [6.45, 7) is 0. The first-order valence-electron chi connectivity index (χ1n) is 4.72. The van der Waals surface area contributed by atoms with Gasteiger partial charge in [0.25, 0.3) is 0 Å². The van der Waals surface area contributed by atoms with Crippen molar-refractivity contribution in [3.05, 3.63) is 51.2 Å². The van der Waals surface area contributed by atoms with Gasteiger partial charge in [0.15, 0.2) is 0 Å². The van der Waals surface area contributed by atoms with E-state index >= 15 is 0 Å². The minimum absolute atomic E-state index is 0.0441. The van der Waals surface area contributed by atoms with Crippen LogP contribution in [0.3, 0.4) is 0 Å². The summed E-state index contributed by atoms with van der Waals surface area (Å²) in [5, 5.41) is 23.5. The fourth-order valence-electron chi connectivity index (χ4n) is 1.42. The maximum atomic E-state index is 11.0. The third-order valence-corrected chi connectivity index (χ3v) is 2.43. The average Bonchev–Trinajstić information content (AvgIpc) is 2.77. The van der Waals surface area contributed by atoms with Gasteiger partial charge in [0.1, 0.15) is 5.69 Å². The molecule has 1 heterocycles. The van der Waals surface area contributed by atoms with Crippen LogP contribution in [0, 0.1) is 10.1 Å². The van der Waals surface area contributed by atoms with Crippen molar-refractivity contribution >= 4 is 23.4 Å². The van der Waals surface area contributed by atoms with Crippen LogP contribution in [0.1, 0.15) is 10.4 Å². The maximum Gasteiger partial charge on any atom is 0.390 e. The summed E-state index contributed by atoms with van der Waals surface area (Å²) in [6, 6.07) is 5.29. The summed E-state index contributed by atoms with van der Waals surface area (Å²) in [5.41, 5.74) is 0.125. The number of rotatable bonds is 3. The van der Waals surface area contributed by atoms with E-state index in [0.29, 0.717) is 5.02 Å². The number of carbonyl (C=O) groups is 1. The molecule has 0 atom stereocenters. The fraction of sp³-hybridized carbons (Fsp3) is 0. The van der Waals surface area contributed by atoms with Crippen molar-refractivity contribution in [2.24, 2.45) is 0 Å². The van der Waals surface area contributed by atoms with Gasteiger partial charge in [-0.05, 0) is 23.1 Å². The Morgan fingerprint density at radius 2 is 2.17 bits per heavy atom. The van der Waals surface area contributed by atoms with Gasteiger partial charge in [0.2, 0.25) is 0 Å². The third-order valence-electron chi connectivity index (χ3n) is 2.20. The average molecular weight is 268 g/mol. The topological polar surface area (TPSA) is 98.3 Å². The van der Waals surface area contributed by atoms with E-state index in [0.717, 1.165) is 4.68 Å². The first-order chi connectivity index (χ1) is 8.49. The van der Waals surface area contributed by atoms with Crippen LogP contribution in [-0.4, -0.2) is 25.8 Å². The summed E-state index contributed by atoms with van der Waals surface area (Å²) in [4.78, 5) is 20.9. The number of nitrogens with zero attached hydrogens (tertiary/aromatic N) is 3. The van der Waals surface area contributed by atoms with E-state index in [9.17, 15) is 14.9 Å². The molecule has 8 heteroatoms. The van der Waals surface area contributed by atoms with Crippen LogP contribution in [0.5, 0.6) is 0 Å². The highest BCUT2D eigenvalue weighted by atomic mass is 35.5. The van der Waals surface area contributed by atoms with E-state index in [2.05, 4.69) is 5.10 Å². The molecule has 1 aromatic carbocycles. The van der Waals surface area contributed by atoms with Gasteiger partial charge in [-0.25, -0.2) is 4.79 Å². The molecule has 0 saturated heterocycles. The molecule has 0 aliphatic rings. The molecule has 0 aliphatic heterocycles. The molecule has 0 fully saturated rings. The number of hydrogen-bond donors (Lipinski definition) is 1. The molecular weight excluding hydrogens is 262 g/mol. The Hall–Kier alpha value is -2.41. The zero-order valence-electron chi connectivity index (χ0n) is 8.78. The first-order valence-corrected chi connectivity index (χ1v) is 5.10. The first kappa shape index (κ1) is 12.1. The summed E-state index contributed by atoms with van der Waals surface area (Å²) in [7, 11) is 0. The SMILES string of the molecule is O=C(O)c1ccc(Cl)cc1-n1ccc([N+](=O)[O-])n1. The zero-order chi connectivity index (χ0) is 13.3. The molecule has 2 rings (SSSR count). The maximum absolute atomic E-state index is 11.0. The highest BCUT2D eigenvalue weighted by Crippen LogP contribution is 2.21. The van der Waals surface area contributed by atoms with Gasteiger partial charge in [0, 0.05) is 5.02 Å². The molecule has 0 radical (unpaired) electrons. The van der Waals surface area contributed by atoms with Crippen molar-refractivity contribution in [2.45, 2.75) is 0 Å². The van der Waals surface area contributed by atoms with Crippen LogP contribution in [0.15, 0.2) is 30.5 Å². The molecule has 1 aromatic heterocycles. The Kier molecular flexibility index (Phi) is 2.99. The van der Waals surface area contributed by atoms with Gasteiger partial charge in [-0.3, -0.25) is 0 Å². The Labute approximate surface area is 105 Å². The molecule has 0 unspecified atom stereocenters. The van der Waals surface area contributed by atoms with Crippen LogP contribution < -0.4 is 0 Å². The molecule has 92 valence electrons. The van der Waals surface area contributed by atoms with E-state index in [1.54, 1.807) is 0 Å². The second kappa shape index (κ2) is 4.46. The van der Waals surface area contributed by atoms with Crippen LogP contribution in [-0.2, 0) is 0 Å². The molecule has 0 aliphatic carbocycles. The van der Waals surface area contributed by atoms with E-state index in [1.165, 1.54) is 30.5 Å².